The topological polar surface area (TPSA) is 27.7 Å². The number of hydrogen-bond acceptors (Lipinski definition) is 3. The van der Waals surface area contributed by atoms with Crippen LogP contribution in [0.5, 0.6) is 0 Å². The van der Waals surface area contributed by atoms with Crippen LogP contribution in [-0.4, -0.2) is 30.1 Å². The minimum Gasteiger partial charge on any atom is -0.386 e. The van der Waals surface area contributed by atoms with Crippen molar-refractivity contribution in [3.63, 3.8) is 0 Å². The third-order valence-electron chi connectivity index (χ3n) is 2.21. The van der Waals surface area contributed by atoms with E-state index in [2.05, 4.69) is 12.2 Å². The molecule has 0 aromatic rings. The largest absolute Gasteiger partial charge is 4.00 e. The molecule has 0 saturated heterocycles. The van der Waals surface area contributed by atoms with Crippen molar-refractivity contribution >= 4 is 8.80 Å². The van der Waals surface area contributed by atoms with Crippen molar-refractivity contribution in [2.45, 2.75) is 13.3 Å². The van der Waals surface area contributed by atoms with E-state index in [9.17, 15) is 0 Å². The summed E-state index contributed by atoms with van der Waals surface area (Å²) in [6.45, 7) is 2.00. The van der Waals surface area contributed by atoms with E-state index >= 15 is 0 Å². The van der Waals surface area contributed by atoms with Gasteiger partial charge >= 0.3 is 29.9 Å². The van der Waals surface area contributed by atoms with Crippen LogP contribution >= 0.6 is 0 Å². The van der Waals surface area contributed by atoms with E-state index in [4.69, 9.17) is 13.3 Å². The van der Waals surface area contributed by atoms with Crippen LogP contribution in [0.25, 0.3) is 0 Å². The molecule has 0 saturated carbocycles. The zero-order valence-corrected chi connectivity index (χ0v) is 15.1. The summed E-state index contributed by atoms with van der Waals surface area (Å²) in [5.74, 6) is 0. The Kier molecular flexibility index (Phi) is 17.3. The summed E-state index contributed by atoms with van der Waals surface area (Å²) in [6.07, 6.45) is 6.08. The molecule has 1 aliphatic carbocycles. The van der Waals surface area contributed by atoms with Gasteiger partial charge in [0.15, 0.2) is 0 Å². The summed E-state index contributed by atoms with van der Waals surface area (Å²) < 4.78 is 16.1. The Morgan fingerprint density at radius 1 is 1.06 bits per heavy atom. The second-order valence-corrected chi connectivity index (χ2v) is 5.67. The van der Waals surface area contributed by atoms with Gasteiger partial charge in [0.1, 0.15) is 0 Å². The first-order valence-corrected chi connectivity index (χ1v) is 5.86. The molecule has 0 heterocycles. The SMILES string of the molecule is CO[Si](OC)(OC)C1=CC[C-]=C1C.[CH3-].[CH3-].[CH3-].[Pt+4]. The monoisotopic (exact) mass is 439 g/mol. The maximum absolute atomic E-state index is 5.36. The van der Waals surface area contributed by atoms with Gasteiger partial charge in [-0.05, 0) is 0 Å². The molecule has 0 fully saturated rings. The maximum Gasteiger partial charge on any atom is 4.00 e. The van der Waals surface area contributed by atoms with E-state index < -0.39 is 8.80 Å². The first-order valence-electron chi connectivity index (χ1n) is 4.14. The fourth-order valence-electron chi connectivity index (χ4n) is 1.49. The molecule has 0 bridgehead atoms. The van der Waals surface area contributed by atoms with Crippen LogP contribution in [0.4, 0.5) is 0 Å². The molecule has 104 valence electrons. The number of hydrogen-bond donors (Lipinski definition) is 0. The van der Waals surface area contributed by atoms with Crippen LogP contribution in [0.1, 0.15) is 13.3 Å². The van der Waals surface area contributed by atoms with Crippen molar-refractivity contribution in [3.8, 4) is 0 Å². The third-order valence-corrected chi connectivity index (χ3v) is 5.06. The fourth-order valence-corrected chi connectivity index (χ4v) is 3.55. The molecule has 0 spiro atoms. The van der Waals surface area contributed by atoms with Crippen LogP contribution in [0.2, 0.25) is 0 Å². The minimum atomic E-state index is -2.59. The molecular weight excluding hydrogens is 415 g/mol. The molecule has 17 heavy (non-hydrogen) atoms. The normalized spacial score (nSPS) is 13.2. The van der Waals surface area contributed by atoms with E-state index in [1.54, 1.807) is 21.3 Å². The van der Waals surface area contributed by atoms with Crippen molar-refractivity contribution in [1.29, 1.82) is 0 Å². The van der Waals surface area contributed by atoms with Gasteiger partial charge in [-0.15, -0.1) is 11.6 Å². The van der Waals surface area contributed by atoms with Crippen molar-refractivity contribution in [2.24, 2.45) is 0 Å². The van der Waals surface area contributed by atoms with E-state index in [1.807, 2.05) is 6.92 Å². The molecule has 0 N–H and O–H groups in total. The number of allylic oxidation sites excluding steroid dienone is 4. The van der Waals surface area contributed by atoms with Crippen molar-refractivity contribution in [3.05, 3.63) is 45.2 Å². The smallest absolute Gasteiger partial charge is 0.386 e. The first kappa shape index (κ1) is 26.0. The van der Waals surface area contributed by atoms with Gasteiger partial charge in [0.25, 0.3) is 0 Å². The van der Waals surface area contributed by atoms with E-state index in [0.29, 0.717) is 0 Å². The van der Waals surface area contributed by atoms with Crippen LogP contribution < -0.4 is 0 Å². The van der Waals surface area contributed by atoms with Crippen molar-refractivity contribution < 1.29 is 34.3 Å². The van der Waals surface area contributed by atoms with E-state index in [0.717, 1.165) is 17.2 Å². The predicted octanol–water partition coefficient (Wildman–Crippen LogP) is 2.83. The molecule has 0 atom stereocenters. The second kappa shape index (κ2) is 11.4. The summed E-state index contributed by atoms with van der Waals surface area (Å²) in [6, 6.07) is 0. The standard InChI is InChI=1S/C9H15O3Si.3CH3.Pt/c1-8-6-5-7-9(8)13(10-2,11-3)12-4;;;;/h7H,5H2,1-4H3;3*1H3;/q4*-1;+4. The molecule has 0 amide bonds. The van der Waals surface area contributed by atoms with Crippen LogP contribution in [0.15, 0.2) is 16.8 Å². The van der Waals surface area contributed by atoms with Crippen molar-refractivity contribution in [1.82, 2.24) is 0 Å². The maximum atomic E-state index is 5.36. The van der Waals surface area contributed by atoms with Gasteiger partial charge in [-0.1, -0.05) is 6.92 Å². The quantitative estimate of drug-likeness (QED) is 0.498. The Balaban J connectivity index is -0.000000211. The Bertz CT molecular complexity index is 240. The van der Waals surface area contributed by atoms with Crippen LogP contribution in [-0.2, 0) is 34.3 Å². The molecule has 0 aromatic carbocycles. The van der Waals surface area contributed by atoms with Crippen LogP contribution in [0, 0.1) is 28.4 Å². The molecule has 0 unspecified atom stereocenters. The Morgan fingerprint density at radius 3 is 1.71 bits per heavy atom. The summed E-state index contributed by atoms with van der Waals surface area (Å²) in [5.41, 5.74) is 1.08. The molecular formula is C12H24O3PtSi. The van der Waals surface area contributed by atoms with Gasteiger partial charge in [-0.3, -0.25) is 6.08 Å². The Morgan fingerprint density at radius 2 is 1.47 bits per heavy atom. The molecule has 1 aliphatic rings. The minimum absolute atomic E-state index is 0. The second-order valence-electron chi connectivity index (χ2n) is 2.79. The van der Waals surface area contributed by atoms with Gasteiger partial charge in [-0.2, -0.15) is 6.08 Å². The van der Waals surface area contributed by atoms with E-state index in [-0.39, 0.29) is 43.3 Å². The summed E-state index contributed by atoms with van der Waals surface area (Å²) in [5, 5.41) is 1.04. The zero-order valence-electron chi connectivity index (χ0n) is 11.8. The molecule has 1 rings (SSSR count). The predicted molar refractivity (Wildman–Crippen MR) is 71.2 cm³/mol. The average molecular weight is 439 g/mol. The summed E-state index contributed by atoms with van der Waals surface area (Å²) in [4.78, 5) is 0. The van der Waals surface area contributed by atoms with Gasteiger partial charge in [0, 0.05) is 21.3 Å². The van der Waals surface area contributed by atoms with E-state index in [1.165, 1.54) is 0 Å². The molecule has 3 nitrogen and oxygen atoms in total. The Labute approximate surface area is 123 Å². The molecule has 5 heteroatoms. The average Bonchev–Trinajstić information content (AvgIpc) is 2.57. The number of rotatable bonds is 4. The molecule has 0 aromatic heterocycles. The van der Waals surface area contributed by atoms with Gasteiger partial charge in [0.2, 0.25) is 0 Å². The first-order chi connectivity index (χ1) is 6.20. The zero-order chi connectivity index (χ0) is 9.90. The van der Waals surface area contributed by atoms with Gasteiger partial charge in [-0.25, -0.2) is 5.57 Å². The summed E-state index contributed by atoms with van der Waals surface area (Å²) >= 11 is 0. The van der Waals surface area contributed by atoms with Crippen molar-refractivity contribution in [2.75, 3.05) is 21.3 Å². The van der Waals surface area contributed by atoms with Gasteiger partial charge in [0.05, 0.1) is 0 Å². The van der Waals surface area contributed by atoms with Gasteiger partial charge < -0.3 is 35.6 Å². The fraction of sp³-hybridized carbons (Fsp3) is 0.417. The summed E-state index contributed by atoms with van der Waals surface area (Å²) in [7, 11) is 2.26. The third kappa shape index (κ3) is 5.19. The van der Waals surface area contributed by atoms with Crippen LogP contribution in [0.3, 0.4) is 0 Å². The Hall–Kier alpha value is 0.265. The molecule has 0 radical (unpaired) electrons. The molecule has 0 aliphatic heterocycles.